The van der Waals surface area contributed by atoms with Gasteiger partial charge < -0.3 is 5.32 Å². The summed E-state index contributed by atoms with van der Waals surface area (Å²) < 4.78 is 13.6. The van der Waals surface area contributed by atoms with E-state index >= 15 is 0 Å². The second kappa shape index (κ2) is 6.44. The summed E-state index contributed by atoms with van der Waals surface area (Å²) in [7, 11) is 0. The van der Waals surface area contributed by atoms with Crippen molar-refractivity contribution in [1.29, 1.82) is 0 Å². The lowest BCUT2D eigenvalue weighted by Gasteiger charge is -2.08. The van der Waals surface area contributed by atoms with Crippen molar-refractivity contribution in [2.45, 2.75) is 13.5 Å². The van der Waals surface area contributed by atoms with Crippen LogP contribution in [0.3, 0.4) is 0 Å². The first-order valence-corrected chi connectivity index (χ1v) is 7.27. The number of halogens is 1. The van der Waals surface area contributed by atoms with E-state index in [1.807, 2.05) is 31.2 Å². The maximum Gasteiger partial charge on any atom is 0.252 e. The summed E-state index contributed by atoms with van der Waals surface area (Å²) in [6.45, 7) is 2.24. The van der Waals surface area contributed by atoms with Gasteiger partial charge in [0.15, 0.2) is 0 Å². The van der Waals surface area contributed by atoms with Crippen LogP contribution in [-0.2, 0) is 6.54 Å². The second-order valence-corrected chi connectivity index (χ2v) is 5.29. The van der Waals surface area contributed by atoms with E-state index in [-0.39, 0.29) is 17.9 Å². The Morgan fingerprint density at radius 1 is 1.13 bits per heavy atom. The molecule has 0 aliphatic rings. The summed E-state index contributed by atoms with van der Waals surface area (Å²) in [6, 6.07) is 15.7. The Balaban J connectivity index is 1.85. The number of rotatable bonds is 4. The van der Waals surface area contributed by atoms with Gasteiger partial charge in [-0.3, -0.25) is 9.78 Å². The van der Waals surface area contributed by atoms with Crippen molar-refractivity contribution in [3.63, 3.8) is 0 Å². The fourth-order valence-electron chi connectivity index (χ4n) is 2.23. The van der Waals surface area contributed by atoms with E-state index < -0.39 is 0 Å². The van der Waals surface area contributed by atoms with Crippen LogP contribution in [0.4, 0.5) is 10.3 Å². The first-order chi connectivity index (χ1) is 11.1. The zero-order valence-electron chi connectivity index (χ0n) is 12.6. The number of aromatic nitrogens is 2. The quantitative estimate of drug-likeness (QED) is 0.775. The summed E-state index contributed by atoms with van der Waals surface area (Å²) >= 11 is 0. The highest BCUT2D eigenvalue weighted by Crippen LogP contribution is 2.17. The van der Waals surface area contributed by atoms with Crippen LogP contribution in [0.15, 0.2) is 59.4 Å². The van der Waals surface area contributed by atoms with Gasteiger partial charge in [0.2, 0.25) is 5.95 Å². The zero-order valence-corrected chi connectivity index (χ0v) is 12.6. The lowest BCUT2D eigenvalue weighted by molar-refractivity contribution is 0.612. The van der Waals surface area contributed by atoms with Crippen molar-refractivity contribution in [2.24, 2.45) is 0 Å². The van der Waals surface area contributed by atoms with Crippen LogP contribution in [0.2, 0.25) is 0 Å². The maximum absolute atomic E-state index is 13.6. The highest BCUT2D eigenvalue weighted by molar-refractivity contribution is 5.60. The predicted octanol–water partition coefficient (Wildman–Crippen LogP) is 3.50. The fraction of sp³-hybridized carbons (Fsp3) is 0.111. The number of aryl methyl sites for hydroxylation is 1. The van der Waals surface area contributed by atoms with Crippen LogP contribution in [0, 0.1) is 12.7 Å². The molecule has 0 fully saturated rings. The minimum atomic E-state index is -0.294. The Bertz CT molecular complexity index is 872. The molecule has 0 spiro atoms. The van der Waals surface area contributed by atoms with Gasteiger partial charge in [-0.1, -0.05) is 48.0 Å². The van der Waals surface area contributed by atoms with Crippen molar-refractivity contribution < 1.29 is 4.39 Å². The molecule has 0 saturated carbocycles. The third-order valence-corrected chi connectivity index (χ3v) is 3.49. The lowest BCUT2D eigenvalue weighted by Crippen LogP contribution is -2.13. The average molecular weight is 309 g/mol. The van der Waals surface area contributed by atoms with E-state index in [9.17, 15) is 9.18 Å². The molecule has 0 aliphatic carbocycles. The molecule has 0 saturated heterocycles. The number of nitrogens with one attached hydrogen (secondary N) is 2. The predicted molar refractivity (Wildman–Crippen MR) is 88.8 cm³/mol. The molecule has 1 heterocycles. The van der Waals surface area contributed by atoms with Crippen LogP contribution in [0.1, 0.15) is 11.1 Å². The van der Waals surface area contributed by atoms with Gasteiger partial charge in [0, 0.05) is 23.7 Å². The third-order valence-electron chi connectivity index (χ3n) is 3.49. The molecule has 1 aromatic heterocycles. The molecular weight excluding hydrogens is 293 g/mol. The van der Waals surface area contributed by atoms with Crippen LogP contribution in [-0.4, -0.2) is 9.97 Å². The van der Waals surface area contributed by atoms with E-state index in [1.54, 1.807) is 18.2 Å². The molecule has 3 rings (SSSR count). The van der Waals surface area contributed by atoms with Gasteiger partial charge in [-0.25, -0.2) is 9.37 Å². The van der Waals surface area contributed by atoms with E-state index in [2.05, 4.69) is 15.3 Å². The summed E-state index contributed by atoms with van der Waals surface area (Å²) in [5, 5.41) is 2.96. The minimum absolute atomic E-state index is 0.243. The van der Waals surface area contributed by atoms with E-state index in [1.165, 1.54) is 12.1 Å². The van der Waals surface area contributed by atoms with Crippen LogP contribution in [0.25, 0.3) is 11.3 Å². The lowest BCUT2D eigenvalue weighted by atomic mass is 10.1. The van der Waals surface area contributed by atoms with Gasteiger partial charge >= 0.3 is 0 Å². The molecule has 23 heavy (non-hydrogen) atoms. The van der Waals surface area contributed by atoms with Crippen molar-refractivity contribution in [3.05, 3.63) is 81.9 Å². The molecule has 5 heteroatoms. The molecule has 4 nitrogen and oxygen atoms in total. The fourth-order valence-corrected chi connectivity index (χ4v) is 2.23. The zero-order chi connectivity index (χ0) is 16.2. The Labute approximate surface area is 133 Å². The molecule has 0 atom stereocenters. The largest absolute Gasteiger partial charge is 0.352 e. The molecule has 3 aromatic rings. The minimum Gasteiger partial charge on any atom is -0.352 e. The Kier molecular flexibility index (Phi) is 4.19. The monoisotopic (exact) mass is 309 g/mol. The van der Waals surface area contributed by atoms with E-state index in [0.29, 0.717) is 17.2 Å². The topological polar surface area (TPSA) is 57.8 Å². The first-order valence-electron chi connectivity index (χ1n) is 7.27. The number of H-pyrrole nitrogens is 1. The highest BCUT2D eigenvalue weighted by Gasteiger charge is 2.05. The average Bonchev–Trinajstić information content (AvgIpc) is 2.54. The molecule has 0 bridgehead atoms. The molecule has 116 valence electrons. The first kappa shape index (κ1) is 15.0. The Hall–Kier alpha value is -2.95. The molecule has 2 aromatic carbocycles. The Morgan fingerprint density at radius 2 is 1.87 bits per heavy atom. The smallest absolute Gasteiger partial charge is 0.252 e. The van der Waals surface area contributed by atoms with Crippen molar-refractivity contribution in [1.82, 2.24) is 9.97 Å². The number of hydrogen-bond acceptors (Lipinski definition) is 3. The number of nitrogens with zero attached hydrogens (tertiary/aromatic N) is 1. The number of benzene rings is 2. The summed E-state index contributed by atoms with van der Waals surface area (Å²) in [5.41, 5.74) is 2.82. The summed E-state index contributed by atoms with van der Waals surface area (Å²) in [4.78, 5) is 18.8. The number of anilines is 1. The van der Waals surface area contributed by atoms with Crippen LogP contribution in [0.5, 0.6) is 0 Å². The second-order valence-electron chi connectivity index (χ2n) is 5.29. The van der Waals surface area contributed by atoms with Gasteiger partial charge in [-0.05, 0) is 13.0 Å². The van der Waals surface area contributed by atoms with Crippen LogP contribution >= 0.6 is 0 Å². The van der Waals surface area contributed by atoms with E-state index in [4.69, 9.17) is 0 Å². The van der Waals surface area contributed by atoms with Crippen molar-refractivity contribution in [2.75, 3.05) is 5.32 Å². The van der Waals surface area contributed by atoms with Gasteiger partial charge in [0.25, 0.3) is 5.56 Å². The van der Waals surface area contributed by atoms with E-state index in [0.717, 1.165) is 11.1 Å². The van der Waals surface area contributed by atoms with Gasteiger partial charge in [0.1, 0.15) is 5.82 Å². The number of hydrogen-bond donors (Lipinski definition) is 2. The molecule has 0 radical (unpaired) electrons. The third kappa shape index (κ3) is 3.63. The van der Waals surface area contributed by atoms with Gasteiger partial charge in [0.05, 0.1) is 5.69 Å². The number of aromatic amines is 1. The Morgan fingerprint density at radius 3 is 2.61 bits per heavy atom. The van der Waals surface area contributed by atoms with Crippen molar-refractivity contribution >= 4 is 5.95 Å². The SMILES string of the molecule is Cc1ccc(-c2cc(=O)[nH]c(NCc3ccccc3F)n2)cc1. The molecule has 2 N–H and O–H groups in total. The van der Waals surface area contributed by atoms with Gasteiger partial charge in [-0.15, -0.1) is 0 Å². The standard InChI is InChI=1S/C18H16FN3O/c1-12-6-8-13(9-7-12)16-10-17(23)22-18(21-16)20-11-14-4-2-3-5-15(14)19/h2-10H,11H2,1H3,(H2,20,21,22,23). The normalized spacial score (nSPS) is 10.5. The highest BCUT2D eigenvalue weighted by atomic mass is 19.1. The summed E-state index contributed by atoms with van der Waals surface area (Å²) in [5.74, 6) is 0.0216. The molecule has 0 amide bonds. The molecule has 0 unspecified atom stereocenters. The summed E-state index contributed by atoms with van der Waals surface area (Å²) in [6.07, 6.45) is 0. The van der Waals surface area contributed by atoms with Crippen molar-refractivity contribution in [3.8, 4) is 11.3 Å². The maximum atomic E-state index is 13.6. The van der Waals surface area contributed by atoms with Gasteiger partial charge in [-0.2, -0.15) is 0 Å². The molecular formula is C18H16FN3O. The molecule has 0 aliphatic heterocycles. The van der Waals surface area contributed by atoms with Crippen LogP contribution < -0.4 is 10.9 Å².